The normalized spacial score (nSPS) is 13.5. The molecule has 1 aliphatic heterocycles. The number of carboxylic acids is 1. The van der Waals surface area contributed by atoms with Crippen molar-refractivity contribution in [3.63, 3.8) is 0 Å². The zero-order chi connectivity index (χ0) is 15.2. The Morgan fingerprint density at radius 3 is 2.95 bits per heavy atom. The Labute approximate surface area is 123 Å². The maximum Gasteiger partial charge on any atom is 0.339 e. The molecule has 1 aliphatic rings. The van der Waals surface area contributed by atoms with Crippen molar-refractivity contribution in [2.24, 2.45) is 0 Å². The van der Waals surface area contributed by atoms with Crippen LogP contribution in [0.3, 0.4) is 0 Å². The highest BCUT2D eigenvalue weighted by Gasteiger charge is 2.27. The number of carbonyl (C=O) groups excluding carboxylic acids is 1. The fourth-order valence-electron chi connectivity index (χ4n) is 2.28. The van der Waals surface area contributed by atoms with Crippen LogP contribution in [0.5, 0.6) is 5.75 Å². The second-order valence-electron chi connectivity index (χ2n) is 4.65. The Hall–Kier alpha value is -2.08. The van der Waals surface area contributed by atoms with E-state index in [1.807, 2.05) is 6.92 Å². The SMILES string of the molecule is CCOCCCC(=O)N1CCOc2c(C(=O)O)cccc21. The van der Waals surface area contributed by atoms with E-state index in [4.69, 9.17) is 14.6 Å². The predicted molar refractivity (Wildman–Crippen MR) is 77.0 cm³/mol. The zero-order valence-electron chi connectivity index (χ0n) is 12.0. The molecule has 0 fully saturated rings. The molecule has 0 aliphatic carbocycles. The number of hydrogen-bond donors (Lipinski definition) is 1. The number of rotatable bonds is 6. The van der Waals surface area contributed by atoms with Crippen LogP contribution in [-0.4, -0.2) is 43.3 Å². The van der Waals surface area contributed by atoms with Crippen LogP contribution in [0.4, 0.5) is 5.69 Å². The lowest BCUT2D eigenvalue weighted by molar-refractivity contribution is -0.119. The molecule has 0 spiro atoms. The van der Waals surface area contributed by atoms with Gasteiger partial charge in [-0.15, -0.1) is 0 Å². The molecule has 0 radical (unpaired) electrons. The van der Waals surface area contributed by atoms with E-state index in [1.165, 1.54) is 6.07 Å². The van der Waals surface area contributed by atoms with Gasteiger partial charge in [0, 0.05) is 19.6 Å². The van der Waals surface area contributed by atoms with Crippen molar-refractivity contribution in [1.29, 1.82) is 0 Å². The summed E-state index contributed by atoms with van der Waals surface area (Å²) in [6.45, 7) is 3.83. The number of benzene rings is 1. The van der Waals surface area contributed by atoms with Crippen molar-refractivity contribution in [1.82, 2.24) is 0 Å². The largest absolute Gasteiger partial charge is 0.489 e. The van der Waals surface area contributed by atoms with E-state index in [0.29, 0.717) is 44.9 Å². The monoisotopic (exact) mass is 293 g/mol. The van der Waals surface area contributed by atoms with Gasteiger partial charge in [-0.1, -0.05) is 6.07 Å². The lowest BCUT2D eigenvalue weighted by Crippen LogP contribution is -2.38. The van der Waals surface area contributed by atoms with Gasteiger partial charge in [0.1, 0.15) is 12.2 Å². The van der Waals surface area contributed by atoms with Crippen molar-refractivity contribution in [2.75, 3.05) is 31.3 Å². The van der Waals surface area contributed by atoms with Crippen molar-refractivity contribution in [3.05, 3.63) is 23.8 Å². The van der Waals surface area contributed by atoms with Crippen LogP contribution in [0.2, 0.25) is 0 Å². The van der Waals surface area contributed by atoms with E-state index in [2.05, 4.69) is 0 Å². The first kappa shape index (κ1) is 15.3. The van der Waals surface area contributed by atoms with Crippen molar-refractivity contribution >= 4 is 17.6 Å². The molecule has 1 N–H and O–H groups in total. The van der Waals surface area contributed by atoms with E-state index in [1.54, 1.807) is 17.0 Å². The number of anilines is 1. The Balaban J connectivity index is 2.13. The van der Waals surface area contributed by atoms with Crippen LogP contribution in [0.25, 0.3) is 0 Å². The van der Waals surface area contributed by atoms with Crippen molar-refractivity contribution in [2.45, 2.75) is 19.8 Å². The fraction of sp³-hybridized carbons (Fsp3) is 0.467. The molecule has 114 valence electrons. The standard InChI is InChI=1S/C15H19NO5/c1-2-20-9-4-7-13(17)16-8-10-21-14-11(15(18)19)5-3-6-12(14)16/h3,5-6H,2,4,7-10H2,1H3,(H,18,19). The molecular formula is C15H19NO5. The summed E-state index contributed by atoms with van der Waals surface area (Å²) in [5, 5.41) is 9.17. The first-order valence-corrected chi connectivity index (χ1v) is 7.02. The molecule has 1 aromatic carbocycles. The lowest BCUT2D eigenvalue weighted by atomic mass is 10.1. The Kier molecular flexibility index (Phi) is 5.16. The minimum absolute atomic E-state index is 0.0400. The van der Waals surface area contributed by atoms with Gasteiger partial charge in [-0.25, -0.2) is 4.79 Å². The number of hydrogen-bond acceptors (Lipinski definition) is 4. The Morgan fingerprint density at radius 1 is 1.43 bits per heavy atom. The molecule has 1 heterocycles. The third kappa shape index (κ3) is 3.52. The first-order valence-electron chi connectivity index (χ1n) is 7.02. The van der Waals surface area contributed by atoms with Crippen LogP contribution in [0.1, 0.15) is 30.1 Å². The predicted octanol–water partition coefficient (Wildman–Crippen LogP) is 1.93. The minimum Gasteiger partial charge on any atom is -0.489 e. The van der Waals surface area contributed by atoms with Crippen molar-refractivity contribution in [3.8, 4) is 5.75 Å². The zero-order valence-corrected chi connectivity index (χ0v) is 12.0. The number of para-hydroxylation sites is 1. The summed E-state index contributed by atoms with van der Waals surface area (Å²) in [6, 6.07) is 4.81. The Morgan fingerprint density at radius 2 is 2.24 bits per heavy atom. The first-order chi connectivity index (χ1) is 10.1. The summed E-state index contributed by atoms with van der Waals surface area (Å²) in [6.07, 6.45) is 1.02. The van der Waals surface area contributed by atoms with Gasteiger partial charge in [0.05, 0.1) is 12.2 Å². The van der Waals surface area contributed by atoms with Gasteiger partial charge in [0.25, 0.3) is 0 Å². The molecule has 0 unspecified atom stereocenters. The maximum absolute atomic E-state index is 12.3. The Bertz CT molecular complexity index is 529. The summed E-state index contributed by atoms with van der Waals surface area (Å²) >= 11 is 0. The molecule has 21 heavy (non-hydrogen) atoms. The second-order valence-corrected chi connectivity index (χ2v) is 4.65. The lowest BCUT2D eigenvalue weighted by Gasteiger charge is -2.30. The molecule has 0 aromatic heterocycles. The van der Waals surface area contributed by atoms with E-state index < -0.39 is 5.97 Å². The maximum atomic E-state index is 12.3. The third-order valence-corrected chi connectivity index (χ3v) is 3.26. The molecular weight excluding hydrogens is 274 g/mol. The summed E-state index contributed by atoms with van der Waals surface area (Å²) in [5.41, 5.74) is 0.613. The molecule has 1 amide bonds. The van der Waals surface area contributed by atoms with Crippen LogP contribution in [0, 0.1) is 0 Å². The molecule has 0 atom stereocenters. The molecule has 6 heteroatoms. The number of ether oxygens (including phenoxy) is 2. The summed E-state index contributed by atoms with van der Waals surface area (Å²) in [4.78, 5) is 25.1. The summed E-state index contributed by atoms with van der Waals surface area (Å²) in [5.74, 6) is -0.825. The van der Waals surface area contributed by atoms with Gasteiger partial charge in [0.2, 0.25) is 5.91 Å². The molecule has 6 nitrogen and oxygen atoms in total. The van der Waals surface area contributed by atoms with Gasteiger partial charge in [-0.2, -0.15) is 0 Å². The molecule has 0 saturated heterocycles. The number of amides is 1. The van der Waals surface area contributed by atoms with Gasteiger partial charge in [-0.3, -0.25) is 4.79 Å². The van der Waals surface area contributed by atoms with Crippen molar-refractivity contribution < 1.29 is 24.2 Å². The average Bonchev–Trinajstić information content (AvgIpc) is 2.50. The summed E-state index contributed by atoms with van der Waals surface area (Å²) in [7, 11) is 0. The van der Waals surface area contributed by atoms with Gasteiger partial charge >= 0.3 is 5.97 Å². The smallest absolute Gasteiger partial charge is 0.339 e. The van der Waals surface area contributed by atoms with Crippen LogP contribution in [-0.2, 0) is 9.53 Å². The van der Waals surface area contributed by atoms with Gasteiger partial charge < -0.3 is 19.5 Å². The number of fused-ring (bicyclic) bond motifs is 1. The third-order valence-electron chi connectivity index (χ3n) is 3.26. The highest BCUT2D eigenvalue weighted by Crippen LogP contribution is 2.35. The minimum atomic E-state index is -1.06. The van der Waals surface area contributed by atoms with E-state index in [0.717, 1.165) is 0 Å². The highest BCUT2D eigenvalue weighted by atomic mass is 16.5. The molecule has 1 aromatic rings. The highest BCUT2D eigenvalue weighted by molar-refractivity contribution is 5.99. The summed E-state index contributed by atoms with van der Waals surface area (Å²) < 4.78 is 10.7. The quantitative estimate of drug-likeness (QED) is 0.811. The number of nitrogens with zero attached hydrogens (tertiary/aromatic N) is 1. The fourth-order valence-corrected chi connectivity index (χ4v) is 2.28. The average molecular weight is 293 g/mol. The molecule has 0 saturated carbocycles. The van der Waals surface area contributed by atoms with Crippen LogP contribution < -0.4 is 9.64 Å². The topological polar surface area (TPSA) is 76.1 Å². The number of carbonyl (C=O) groups is 2. The molecule has 0 bridgehead atoms. The van der Waals surface area contributed by atoms with E-state index in [9.17, 15) is 9.59 Å². The number of carboxylic acid groups (broad SMARTS) is 1. The van der Waals surface area contributed by atoms with Gasteiger partial charge in [0.15, 0.2) is 5.75 Å². The van der Waals surface area contributed by atoms with Crippen LogP contribution in [0.15, 0.2) is 18.2 Å². The van der Waals surface area contributed by atoms with E-state index >= 15 is 0 Å². The van der Waals surface area contributed by atoms with Crippen LogP contribution >= 0.6 is 0 Å². The second kappa shape index (κ2) is 7.08. The van der Waals surface area contributed by atoms with Gasteiger partial charge in [-0.05, 0) is 25.5 Å². The molecule has 2 rings (SSSR count). The van der Waals surface area contributed by atoms with E-state index in [-0.39, 0.29) is 17.2 Å². The number of aromatic carboxylic acids is 1.